The molecule has 2 saturated heterocycles. The van der Waals surface area contributed by atoms with Gasteiger partial charge in [-0.2, -0.15) is 5.10 Å². The molecule has 0 radical (unpaired) electrons. The van der Waals surface area contributed by atoms with E-state index in [1.165, 1.54) is 0 Å². The van der Waals surface area contributed by atoms with Crippen LogP contribution in [0.5, 0.6) is 0 Å². The Morgan fingerprint density at radius 1 is 0.820 bits per heavy atom. The van der Waals surface area contributed by atoms with Crippen LogP contribution in [0, 0.1) is 0 Å². The third kappa shape index (κ3) is 8.82. The Balaban J connectivity index is 1.10. The van der Waals surface area contributed by atoms with Crippen molar-refractivity contribution < 1.29 is 19.2 Å². The summed E-state index contributed by atoms with van der Waals surface area (Å²) in [6.07, 6.45) is 14.9. The predicted molar refractivity (Wildman–Crippen MR) is 190 cm³/mol. The number of hydrogen-bond acceptors (Lipinski definition) is 5. The largest absolute Gasteiger partial charge is 0.341 e. The van der Waals surface area contributed by atoms with Crippen molar-refractivity contribution >= 4 is 29.7 Å². The van der Waals surface area contributed by atoms with Gasteiger partial charge in [-0.1, -0.05) is 54.6 Å². The van der Waals surface area contributed by atoms with Crippen molar-refractivity contribution in [3.8, 4) is 0 Å². The van der Waals surface area contributed by atoms with E-state index < -0.39 is 6.04 Å². The number of amides is 7. The minimum atomic E-state index is -0.787. The van der Waals surface area contributed by atoms with Gasteiger partial charge in [-0.3, -0.25) is 9.89 Å². The Labute approximate surface area is 293 Å². The van der Waals surface area contributed by atoms with E-state index in [1.807, 2.05) is 75.4 Å². The second-order valence-corrected chi connectivity index (χ2v) is 13.1. The number of anilines is 1. The summed E-state index contributed by atoms with van der Waals surface area (Å²) in [5, 5.41) is 15.9. The zero-order valence-corrected chi connectivity index (χ0v) is 28.4. The molecule has 13 heteroatoms. The molecule has 1 aromatic heterocycles. The van der Waals surface area contributed by atoms with E-state index in [9.17, 15) is 19.2 Å². The van der Waals surface area contributed by atoms with Gasteiger partial charge >= 0.3 is 18.1 Å². The first-order valence-corrected chi connectivity index (χ1v) is 17.6. The van der Waals surface area contributed by atoms with Crippen LogP contribution >= 0.6 is 0 Å². The Kier molecular flexibility index (Phi) is 11.6. The van der Waals surface area contributed by atoms with E-state index in [0.717, 1.165) is 23.2 Å². The summed E-state index contributed by atoms with van der Waals surface area (Å²) in [7, 11) is 0. The zero-order chi connectivity index (χ0) is 34.7. The number of hydrogen-bond donors (Lipinski definition) is 4. The van der Waals surface area contributed by atoms with Crippen LogP contribution in [-0.2, 0) is 17.8 Å². The number of nitrogens with one attached hydrogen (secondary N) is 4. The number of aromatic amines is 1. The van der Waals surface area contributed by atoms with Gasteiger partial charge in [0.1, 0.15) is 6.04 Å². The van der Waals surface area contributed by atoms with Gasteiger partial charge < -0.3 is 35.6 Å². The van der Waals surface area contributed by atoms with Crippen LogP contribution in [-0.4, -0.2) is 111 Å². The number of nitrogens with zero attached hydrogens (tertiary/aromatic N) is 5. The van der Waals surface area contributed by atoms with Gasteiger partial charge in [0.15, 0.2) is 0 Å². The number of rotatable bonds is 6. The molecule has 50 heavy (non-hydrogen) atoms. The fraction of sp³-hybridized carbons (Fsp3) is 0.432. The number of H-pyrrole nitrogens is 1. The topological polar surface area (TPSA) is 146 Å². The van der Waals surface area contributed by atoms with Crippen molar-refractivity contribution in [3.05, 3.63) is 96.4 Å². The van der Waals surface area contributed by atoms with E-state index in [1.54, 1.807) is 23.4 Å². The smallest absolute Gasteiger partial charge is 0.322 e. The van der Waals surface area contributed by atoms with Gasteiger partial charge in [0.2, 0.25) is 5.91 Å². The summed E-state index contributed by atoms with van der Waals surface area (Å²) in [5.41, 5.74) is 2.79. The lowest BCUT2D eigenvalue weighted by Gasteiger charge is -2.41. The summed E-state index contributed by atoms with van der Waals surface area (Å²) in [5.74, 6) is -0.140. The van der Waals surface area contributed by atoms with Crippen molar-refractivity contribution in [3.63, 3.8) is 0 Å². The van der Waals surface area contributed by atoms with Crippen molar-refractivity contribution in [2.75, 3.05) is 44.6 Å². The SMILES string of the molecule is O=C(NC(Cc1cccn[nH]ccc1)C(=O)N1CCC(N2CC/C=C\C=C/CNC2=O)CC1)N1CCC(N2Cc3ccccc3NC2=O)CC1. The molecule has 0 bridgehead atoms. The zero-order valence-electron chi connectivity index (χ0n) is 28.4. The first-order valence-electron chi connectivity index (χ1n) is 17.6. The third-order valence-corrected chi connectivity index (χ3v) is 9.88. The number of urea groups is 3. The second kappa shape index (κ2) is 16.9. The van der Waals surface area contributed by atoms with Gasteiger partial charge in [-0.05, 0) is 61.4 Å². The molecule has 0 aliphatic carbocycles. The molecule has 1 unspecified atom stereocenters. The van der Waals surface area contributed by atoms with E-state index >= 15 is 0 Å². The van der Waals surface area contributed by atoms with Gasteiger partial charge in [0.05, 0.1) is 0 Å². The Morgan fingerprint density at radius 2 is 1.54 bits per heavy atom. The molecule has 2 aromatic rings. The molecule has 1 atom stereocenters. The van der Waals surface area contributed by atoms with Gasteiger partial charge in [-0.25, -0.2) is 14.4 Å². The van der Waals surface area contributed by atoms with Crippen LogP contribution in [0.25, 0.3) is 0 Å². The van der Waals surface area contributed by atoms with Crippen molar-refractivity contribution in [2.45, 2.75) is 63.2 Å². The lowest BCUT2D eigenvalue weighted by atomic mass is 10.00. The quantitative estimate of drug-likeness (QED) is 0.362. The molecular weight excluding hydrogens is 634 g/mol. The maximum atomic E-state index is 14.2. The molecule has 4 N–H and O–H groups in total. The molecule has 4 aliphatic rings. The van der Waals surface area contributed by atoms with E-state index in [-0.39, 0.29) is 36.1 Å². The highest BCUT2D eigenvalue weighted by atomic mass is 16.2. The number of carbonyl (C=O) groups is 4. The van der Waals surface area contributed by atoms with E-state index in [2.05, 4.69) is 32.2 Å². The number of aromatic nitrogens is 2. The Hall–Kier alpha value is -5.33. The van der Waals surface area contributed by atoms with Gasteiger partial charge in [0.25, 0.3) is 0 Å². The Bertz CT molecular complexity index is 1600. The van der Waals surface area contributed by atoms with Crippen molar-refractivity contribution in [1.82, 2.24) is 40.4 Å². The third-order valence-electron chi connectivity index (χ3n) is 9.88. The molecule has 0 spiro atoms. The van der Waals surface area contributed by atoms with Crippen LogP contribution in [0.1, 0.15) is 43.2 Å². The number of piperidine rings is 2. The molecule has 0 saturated carbocycles. The summed E-state index contributed by atoms with van der Waals surface area (Å²) >= 11 is 0. The van der Waals surface area contributed by atoms with Crippen LogP contribution in [0.4, 0.5) is 20.1 Å². The van der Waals surface area contributed by atoms with E-state index in [0.29, 0.717) is 77.9 Å². The minimum Gasteiger partial charge on any atom is -0.341 e. The molecule has 13 nitrogen and oxygen atoms in total. The number of likely N-dealkylation sites (tertiary alicyclic amines) is 2. The van der Waals surface area contributed by atoms with Crippen LogP contribution < -0.4 is 16.0 Å². The number of allylic oxidation sites excluding steroid dienone is 2. The Morgan fingerprint density at radius 3 is 2.36 bits per heavy atom. The monoisotopic (exact) mass is 681 g/mol. The second-order valence-electron chi connectivity index (χ2n) is 13.1. The fourth-order valence-electron chi connectivity index (χ4n) is 7.13. The molecule has 4 aliphatic heterocycles. The van der Waals surface area contributed by atoms with Crippen LogP contribution in [0.2, 0.25) is 0 Å². The summed E-state index contributed by atoms with van der Waals surface area (Å²) in [6.45, 7) is 3.57. The number of fused-ring (bicyclic) bond motifs is 1. The highest BCUT2D eigenvalue weighted by molar-refractivity contribution is 5.92. The van der Waals surface area contributed by atoms with Crippen molar-refractivity contribution in [1.29, 1.82) is 0 Å². The molecule has 2 fully saturated rings. The highest BCUT2D eigenvalue weighted by Crippen LogP contribution is 2.28. The standard InChI is InChI=1S/C37H47N9O4/c47-34(43-22-14-30(15-23-43)45-21-7-3-1-2-6-18-38-35(45)48)33(26-28-10-8-19-39-40-20-9-11-28)42-36(49)44-24-16-31(17-25-44)46-27-29-12-4-5-13-32(29)41-37(46)50/h1-6,8-13,19-20,30-31,33,39H,7,14-18,21-27H2,(H,38,48)(H,41,50)(H,42,49)/b3-1-,6-2-,11-9?,19-8?,28-10?,40-20?. The molecule has 264 valence electrons. The number of benzene rings is 1. The van der Waals surface area contributed by atoms with Gasteiger partial charge in [0, 0.05) is 82.4 Å². The van der Waals surface area contributed by atoms with Crippen molar-refractivity contribution in [2.24, 2.45) is 0 Å². The predicted octanol–water partition coefficient (Wildman–Crippen LogP) is 4.19. The molecule has 1 aromatic carbocycles. The maximum absolute atomic E-state index is 14.2. The number of para-hydroxylation sites is 1. The molecule has 7 amide bonds. The lowest BCUT2D eigenvalue weighted by Crippen LogP contribution is -2.58. The average Bonchev–Trinajstić information content (AvgIpc) is 3.27. The highest BCUT2D eigenvalue weighted by Gasteiger charge is 2.36. The number of carbonyl (C=O) groups excluding carboxylic acids is 4. The molecule has 6 rings (SSSR count). The summed E-state index contributed by atoms with van der Waals surface area (Å²) in [6, 6.07) is 14.0. The summed E-state index contributed by atoms with van der Waals surface area (Å²) < 4.78 is 0. The molecular formula is C37H47N9O4. The van der Waals surface area contributed by atoms with Crippen LogP contribution in [0.15, 0.2) is 85.2 Å². The normalized spacial score (nSPS) is 20.8. The average molecular weight is 682 g/mol. The lowest BCUT2D eigenvalue weighted by molar-refractivity contribution is -0.134. The van der Waals surface area contributed by atoms with Gasteiger partial charge in [-0.15, -0.1) is 0 Å². The first kappa shape index (κ1) is 34.5. The molecule has 5 heterocycles. The maximum Gasteiger partial charge on any atom is 0.322 e. The minimum absolute atomic E-state index is 0.0133. The first-order chi connectivity index (χ1) is 24.5. The van der Waals surface area contributed by atoms with Crippen LogP contribution in [0.3, 0.4) is 0 Å². The fourth-order valence-corrected chi connectivity index (χ4v) is 7.13. The van der Waals surface area contributed by atoms with E-state index in [4.69, 9.17) is 0 Å². The summed E-state index contributed by atoms with van der Waals surface area (Å²) in [4.78, 5) is 61.1.